The number of aromatic nitrogens is 2. The van der Waals surface area contributed by atoms with E-state index in [-0.39, 0.29) is 51.7 Å². The van der Waals surface area contributed by atoms with Gasteiger partial charge in [-0.2, -0.15) is 0 Å². The Morgan fingerprint density at radius 3 is 1.22 bits per heavy atom. The molecule has 0 bridgehead atoms. The van der Waals surface area contributed by atoms with Crippen LogP contribution in [0.5, 0.6) is 5.75 Å². The first-order valence-electron chi connectivity index (χ1n) is 29.3. The second kappa shape index (κ2) is 31.9. The number of Topliss-reactive ketones (excluding diaryl/α,β-unsaturated/α-hetero) is 1. The highest BCUT2D eigenvalue weighted by Gasteiger charge is 2.34. The molecule has 0 aliphatic rings. The van der Waals surface area contributed by atoms with Gasteiger partial charge in [0.2, 0.25) is 11.8 Å². The van der Waals surface area contributed by atoms with Crippen LogP contribution in [0.15, 0.2) is 206 Å². The number of amides is 3. The molecular weight excluding hydrogens is 1110 g/mol. The molecule has 0 saturated heterocycles. The van der Waals surface area contributed by atoms with E-state index in [1.54, 1.807) is 23.1 Å². The van der Waals surface area contributed by atoms with Gasteiger partial charge in [0, 0.05) is 62.0 Å². The van der Waals surface area contributed by atoms with Crippen molar-refractivity contribution in [3.05, 3.63) is 285 Å². The molecule has 0 fully saturated rings. The molecule has 2 heterocycles. The van der Waals surface area contributed by atoms with Crippen molar-refractivity contribution in [1.29, 1.82) is 0 Å². The summed E-state index contributed by atoms with van der Waals surface area (Å²) >= 11 is 0. The summed E-state index contributed by atoms with van der Waals surface area (Å²) in [4.78, 5) is 51.0. The molecule has 16 heteroatoms. The van der Waals surface area contributed by atoms with Gasteiger partial charge in [-0.25, -0.2) is 11.0 Å². The molecule has 0 unspecified atom stereocenters. The van der Waals surface area contributed by atoms with E-state index in [0.717, 1.165) is 67.0 Å². The van der Waals surface area contributed by atoms with Crippen molar-refractivity contribution in [3.8, 4) is 5.75 Å². The zero-order valence-corrected chi connectivity index (χ0v) is 49.2. The van der Waals surface area contributed by atoms with E-state index in [0.29, 0.717) is 74.4 Å². The molecule has 9 aromatic rings. The molecule has 3 amide bonds. The number of carbonyl (C=O) groups is 4. The minimum atomic E-state index is -1.34. The summed E-state index contributed by atoms with van der Waals surface area (Å²) in [6.07, 6.45) is 2.86. The Hall–Kier alpha value is -9.26. The summed E-state index contributed by atoms with van der Waals surface area (Å²) in [5, 5.41) is 45.8. The number of nitrogens with two attached hydrogens (primary N) is 2. The van der Waals surface area contributed by atoms with Crippen molar-refractivity contribution >= 4 is 29.2 Å². The fraction of sp³-hybridized carbons (Fsp3) is 0.250. The van der Waals surface area contributed by atoms with Gasteiger partial charge in [0.05, 0.1) is 5.69 Å². The Bertz CT molecular complexity index is 3590. The van der Waals surface area contributed by atoms with E-state index in [9.17, 15) is 34.6 Å². The van der Waals surface area contributed by atoms with E-state index in [1.165, 1.54) is 6.92 Å². The molecule has 0 radical (unpaired) electrons. The number of hydroxylamine groups is 2. The smallest absolute Gasteiger partial charge is 0.272 e. The Morgan fingerprint density at radius 1 is 0.500 bits per heavy atom. The number of nitrogens with one attached hydrogen (secondary N) is 3. The van der Waals surface area contributed by atoms with Crippen LogP contribution in [0.3, 0.4) is 0 Å². The molecule has 16 nitrogen and oxygen atoms in total. The third-order valence-electron chi connectivity index (χ3n) is 15.8. The second-order valence-corrected chi connectivity index (χ2v) is 21.4. The minimum Gasteiger partial charge on any atom is -0.478 e. The zero-order valence-electron chi connectivity index (χ0n) is 49.2. The molecule has 0 aliphatic carbocycles. The number of nitrogens with zero attached hydrogens (tertiary/aromatic N) is 2. The van der Waals surface area contributed by atoms with Crippen molar-refractivity contribution < 1.29 is 44.5 Å². The summed E-state index contributed by atoms with van der Waals surface area (Å²) in [5.41, 5.74) is 24.1. The minimum absolute atomic E-state index is 0. The monoisotopic (exact) mass is 1190 g/mol. The number of hydrogen-bond acceptors (Lipinski definition) is 11. The van der Waals surface area contributed by atoms with Gasteiger partial charge in [0.25, 0.3) is 5.91 Å². The highest BCUT2D eigenvalue weighted by atomic mass is 16.5. The number of ketones is 1. The molecule has 458 valence electrons. The van der Waals surface area contributed by atoms with Gasteiger partial charge in [-0.3, -0.25) is 35.3 Å². The summed E-state index contributed by atoms with van der Waals surface area (Å²) in [7, 11) is 0. The van der Waals surface area contributed by atoms with Crippen LogP contribution >= 0.6 is 0 Å². The SMILES string of the molecule is C.CC(=O)c1cc(CCC(=O)NO)c(CCC(O)(c2ccccc2)c2ccccc2)n1Cc1ccccc1.CCc1cc(NC(=O)c2cc(CCC(=O)NO)c(CCC(O)(c3ccccc3)c3ccccc3)n2Cc2ccccc2)cc(CN)c1OCN. The number of hydrogen-bond donors (Lipinski definition) is 9. The Balaban J connectivity index is 0.000000259. The van der Waals surface area contributed by atoms with Crippen molar-refractivity contribution in [2.45, 2.75) is 110 Å². The highest BCUT2D eigenvalue weighted by molar-refractivity contribution is 6.04. The lowest BCUT2D eigenvalue weighted by molar-refractivity contribution is -0.129. The van der Waals surface area contributed by atoms with Gasteiger partial charge >= 0.3 is 0 Å². The predicted octanol–water partition coefficient (Wildman–Crippen LogP) is 11.1. The molecule has 9 rings (SSSR count). The zero-order chi connectivity index (χ0) is 61.8. The van der Waals surface area contributed by atoms with Gasteiger partial charge in [-0.1, -0.05) is 196 Å². The first-order chi connectivity index (χ1) is 42.2. The highest BCUT2D eigenvalue weighted by Crippen LogP contribution is 2.38. The number of benzene rings is 7. The van der Waals surface area contributed by atoms with Crippen LogP contribution in [0.25, 0.3) is 0 Å². The molecule has 0 saturated carbocycles. The molecule has 0 aliphatic heterocycles. The summed E-state index contributed by atoms with van der Waals surface area (Å²) in [6, 6.07) is 65.2. The van der Waals surface area contributed by atoms with Crippen LogP contribution in [0.2, 0.25) is 0 Å². The second-order valence-electron chi connectivity index (χ2n) is 21.4. The molecular formula is C72H81N7O9. The largest absolute Gasteiger partial charge is 0.478 e. The van der Waals surface area contributed by atoms with E-state index in [2.05, 4.69) is 5.32 Å². The third kappa shape index (κ3) is 16.4. The van der Waals surface area contributed by atoms with Crippen LogP contribution in [0.1, 0.15) is 135 Å². The molecule has 2 aromatic heterocycles. The average molecular weight is 1190 g/mol. The molecule has 88 heavy (non-hydrogen) atoms. The Labute approximate surface area is 515 Å². The van der Waals surface area contributed by atoms with E-state index >= 15 is 0 Å². The van der Waals surface area contributed by atoms with E-state index in [1.807, 2.05) is 210 Å². The lowest BCUT2D eigenvalue weighted by Gasteiger charge is -2.30. The molecule has 0 spiro atoms. The first kappa shape index (κ1) is 66.3. The van der Waals surface area contributed by atoms with Crippen molar-refractivity contribution in [2.75, 3.05) is 12.0 Å². The number of ether oxygens (including phenoxy) is 1. The van der Waals surface area contributed by atoms with Crippen LogP contribution in [0.4, 0.5) is 5.69 Å². The number of aliphatic hydroxyl groups is 2. The lowest BCUT2D eigenvalue weighted by Crippen LogP contribution is -2.29. The molecule has 11 N–H and O–H groups in total. The molecule has 7 aromatic carbocycles. The number of aryl methyl sites for hydroxylation is 3. The van der Waals surface area contributed by atoms with Gasteiger partial charge in [0.1, 0.15) is 29.4 Å². The van der Waals surface area contributed by atoms with Crippen LogP contribution in [-0.4, -0.2) is 60.0 Å². The van der Waals surface area contributed by atoms with E-state index in [4.69, 9.17) is 21.4 Å². The van der Waals surface area contributed by atoms with Gasteiger partial charge in [-0.15, -0.1) is 0 Å². The van der Waals surface area contributed by atoms with Gasteiger partial charge in [0.15, 0.2) is 5.78 Å². The van der Waals surface area contributed by atoms with Crippen molar-refractivity contribution in [1.82, 2.24) is 20.1 Å². The fourth-order valence-electron chi connectivity index (χ4n) is 11.4. The maximum atomic E-state index is 14.3. The van der Waals surface area contributed by atoms with Crippen LogP contribution < -0.4 is 32.5 Å². The predicted molar refractivity (Wildman–Crippen MR) is 343 cm³/mol. The van der Waals surface area contributed by atoms with E-state index < -0.39 is 23.0 Å². The van der Waals surface area contributed by atoms with Crippen molar-refractivity contribution in [3.63, 3.8) is 0 Å². The Kier molecular flexibility index (Phi) is 24.0. The van der Waals surface area contributed by atoms with Gasteiger partial charge in [-0.05, 0) is 119 Å². The number of carbonyl (C=O) groups excluding carboxylic acids is 4. The Morgan fingerprint density at radius 2 is 0.864 bits per heavy atom. The maximum Gasteiger partial charge on any atom is 0.272 e. The van der Waals surface area contributed by atoms with Crippen molar-refractivity contribution in [2.24, 2.45) is 11.5 Å². The van der Waals surface area contributed by atoms with Gasteiger partial charge < -0.3 is 35.1 Å². The average Bonchev–Trinajstić information content (AvgIpc) is 2.69. The quantitative estimate of drug-likeness (QED) is 0.0101. The topological polar surface area (TPSA) is 256 Å². The summed E-state index contributed by atoms with van der Waals surface area (Å²) in [6.45, 7) is 4.59. The maximum absolute atomic E-state index is 14.3. The summed E-state index contributed by atoms with van der Waals surface area (Å²) in [5.74, 6) is -0.824. The molecule has 0 atom stereocenters. The number of anilines is 1. The fourth-order valence-corrected chi connectivity index (χ4v) is 11.4. The first-order valence-corrected chi connectivity index (χ1v) is 29.3. The number of rotatable bonds is 27. The standard InChI is InChI=1S/C40H45N5O5.C31H32N2O4.CH4/c1-2-29-22-34(23-31(25-41)38(29)50-27-42)43-39(47)36-24-30(18-19-37(46)44-49)35(45(36)26-28-12-6-3-7-13-28)20-21-40(48,32-14-8-4-9-15-32)33-16-10-5-11-17-33;1-23(34)29-21-25(17-18-30(35)32-37)28(33(29)22-24-11-5-2-6-12-24)19-20-31(36,26-13-7-3-8-14-26)27-15-9-4-10-16-27;/h3-17,22-24,48-49H,2,18-21,25-27,41-42H2,1H3,(H,43,47)(H,44,46);2-16,21,36-37H,17-20,22H2,1H3,(H,32,35);1H4. The van der Waals surface area contributed by atoms with Crippen LogP contribution in [-0.2, 0) is 72.5 Å². The summed E-state index contributed by atoms with van der Waals surface area (Å²) < 4.78 is 9.65. The lowest BCUT2D eigenvalue weighted by atomic mass is 9.82. The normalized spacial score (nSPS) is 11.2. The third-order valence-corrected chi connectivity index (χ3v) is 15.8. The van der Waals surface area contributed by atoms with Crippen LogP contribution in [0, 0.1) is 0 Å².